The molecule has 120 valence electrons. The highest BCUT2D eigenvalue weighted by molar-refractivity contribution is 9.10. The Labute approximate surface area is 149 Å². The molecule has 0 atom stereocenters. The predicted molar refractivity (Wildman–Crippen MR) is 92.9 cm³/mol. The maximum atomic E-state index is 11.9. The number of esters is 1. The number of nitro benzene ring substituents is 1. The highest BCUT2D eigenvalue weighted by Crippen LogP contribution is 2.27. The van der Waals surface area contributed by atoms with E-state index in [4.69, 9.17) is 16.3 Å². The van der Waals surface area contributed by atoms with E-state index in [0.29, 0.717) is 5.56 Å². The van der Waals surface area contributed by atoms with E-state index in [0.717, 1.165) is 10.0 Å². The van der Waals surface area contributed by atoms with Crippen molar-refractivity contribution < 1.29 is 14.5 Å². The van der Waals surface area contributed by atoms with Gasteiger partial charge < -0.3 is 4.74 Å². The first-order valence-electron chi connectivity index (χ1n) is 6.66. The second-order valence-electron chi connectivity index (χ2n) is 4.81. The third-order valence-corrected chi connectivity index (χ3v) is 4.03. The van der Waals surface area contributed by atoms with Crippen LogP contribution >= 0.6 is 27.5 Å². The molecule has 0 saturated heterocycles. The van der Waals surface area contributed by atoms with Gasteiger partial charge in [-0.25, -0.2) is 9.79 Å². The van der Waals surface area contributed by atoms with Crippen LogP contribution < -0.4 is 0 Å². The number of benzene rings is 2. The number of carbonyl (C=O) groups excluding carboxylic acids is 1. The average Bonchev–Trinajstić information content (AvgIpc) is 2.90. The SMILES string of the molecule is O=C1OC(c2ccc(Cl)c([N+](=O)[O-])c2)=NC1=Cc1ccc(Br)cc1. The van der Waals surface area contributed by atoms with Gasteiger partial charge in [0.15, 0.2) is 5.70 Å². The van der Waals surface area contributed by atoms with Crippen LogP contribution in [0.5, 0.6) is 0 Å². The molecule has 0 saturated carbocycles. The minimum Gasteiger partial charge on any atom is -0.402 e. The zero-order valence-electron chi connectivity index (χ0n) is 11.9. The Morgan fingerprint density at radius 3 is 2.58 bits per heavy atom. The molecule has 24 heavy (non-hydrogen) atoms. The van der Waals surface area contributed by atoms with Gasteiger partial charge in [-0.15, -0.1) is 0 Å². The van der Waals surface area contributed by atoms with Gasteiger partial charge in [0.05, 0.1) is 4.92 Å². The Bertz CT molecular complexity index is 907. The first-order valence-corrected chi connectivity index (χ1v) is 7.83. The molecule has 1 heterocycles. The monoisotopic (exact) mass is 406 g/mol. The zero-order chi connectivity index (χ0) is 17.3. The van der Waals surface area contributed by atoms with Gasteiger partial charge in [-0.05, 0) is 35.9 Å². The molecule has 2 aromatic rings. The Balaban J connectivity index is 1.96. The van der Waals surface area contributed by atoms with Crippen LogP contribution in [0.3, 0.4) is 0 Å². The van der Waals surface area contributed by atoms with Gasteiger partial charge in [0.1, 0.15) is 5.02 Å². The molecule has 0 aromatic heterocycles. The van der Waals surface area contributed by atoms with Crippen LogP contribution in [0.4, 0.5) is 5.69 Å². The second-order valence-corrected chi connectivity index (χ2v) is 6.13. The molecule has 0 bridgehead atoms. The number of nitro groups is 1. The standard InChI is InChI=1S/C16H8BrClN2O4/c17-11-4-1-9(2-5-11)7-13-16(21)24-15(19-13)10-3-6-12(18)14(8-10)20(22)23/h1-8H. The molecule has 0 amide bonds. The number of aliphatic imine (C=N–C) groups is 1. The van der Waals surface area contributed by atoms with Crippen molar-refractivity contribution in [2.75, 3.05) is 0 Å². The largest absolute Gasteiger partial charge is 0.402 e. The smallest absolute Gasteiger partial charge is 0.363 e. The average molecular weight is 408 g/mol. The topological polar surface area (TPSA) is 81.8 Å². The summed E-state index contributed by atoms with van der Waals surface area (Å²) in [6.45, 7) is 0. The van der Waals surface area contributed by atoms with E-state index < -0.39 is 10.9 Å². The normalized spacial score (nSPS) is 15.3. The number of halogens is 2. The first kappa shape index (κ1) is 16.4. The number of nitrogens with zero attached hydrogens (tertiary/aromatic N) is 2. The van der Waals surface area contributed by atoms with Crippen LogP contribution in [0, 0.1) is 10.1 Å². The summed E-state index contributed by atoms with van der Waals surface area (Å²) < 4.78 is 6.01. The maximum absolute atomic E-state index is 11.9. The van der Waals surface area contributed by atoms with E-state index in [1.807, 2.05) is 24.3 Å². The fourth-order valence-corrected chi connectivity index (χ4v) is 2.49. The fourth-order valence-electron chi connectivity index (χ4n) is 2.04. The fraction of sp³-hybridized carbons (Fsp3) is 0. The molecular weight excluding hydrogens is 400 g/mol. The number of carbonyl (C=O) groups is 1. The second kappa shape index (κ2) is 6.54. The summed E-state index contributed by atoms with van der Waals surface area (Å²) in [4.78, 5) is 26.4. The van der Waals surface area contributed by atoms with Gasteiger partial charge in [-0.2, -0.15) is 0 Å². The molecule has 0 spiro atoms. The number of cyclic esters (lactones) is 1. The molecule has 6 nitrogen and oxygen atoms in total. The van der Waals surface area contributed by atoms with Crippen LogP contribution in [0.2, 0.25) is 5.02 Å². The number of rotatable bonds is 3. The van der Waals surface area contributed by atoms with Crippen molar-refractivity contribution in [3.05, 3.63) is 78.9 Å². The van der Waals surface area contributed by atoms with E-state index >= 15 is 0 Å². The van der Waals surface area contributed by atoms with Crippen LogP contribution in [-0.2, 0) is 9.53 Å². The third kappa shape index (κ3) is 3.37. The molecule has 0 unspecified atom stereocenters. The molecule has 3 rings (SSSR count). The number of ether oxygens (including phenoxy) is 1. The first-order chi connectivity index (χ1) is 11.4. The van der Waals surface area contributed by atoms with E-state index in [-0.39, 0.29) is 22.3 Å². The summed E-state index contributed by atoms with van der Waals surface area (Å²) >= 11 is 9.10. The van der Waals surface area contributed by atoms with Crippen molar-refractivity contribution >= 4 is 51.2 Å². The van der Waals surface area contributed by atoms with E-state index in [9.17, 15) is 14.9 Å². The minimum atomic E-state index is -0.620. The quantitative estimate of drug-likeness (QED) is 0.328. The van der Waals surface area contributed by atoms with Crippen LogP contribution in [0.1, 0.15) is 11.1 Å². The summed E-state index contributed by atoms with van der Waals surface area (Å²) in [6.07, 6.45) is 1.58. The van der Waals surface area contributed by atoms with Gasteiger partial charge in [-0.3, -0.25) is 10.1 Å². The summed E-state index contributed by atoms with van der Waals surface area (Å²) in [5, 5.41) is 10.9. The zero-order valence-corrected chi connectivity index (χ0v) is 14.2. The van der Waals surface area contributed by atoms with Crippen LogP contribution in [-0.4, -0.2) is 16.8 Å². The molecule has 1 aliphatic heterocycles. The van der Waals surface area contributed by atoms with Crippen molar-refractivity contribution in [2.24, 2.45) is 4.99 Å². The van der Waals surface area contributed by atoms with Gasteiger partial charge >= 0.3 is 5.97 Å². The van der Waals surface area contributed by atoms with Gasteiger partial charge in [-0.1, -0.05) is 39.7 Å². The number of hydrogen-bond acceptors (Lipinski definition) is 5. The van der Waals surface area contributed by atoms with E-state index in [1.54, 1.807) is 6.08 Å². The molecule has 0 fully saturated rings. The van der Waals surface area contributed by atoms with Crippen molar-refractivity contribution in [1.82, 2.24) is 0 Å². The van der Waals surface area contributed by atoms with Gasteiger partial charge in [0.2, 0.25) is 5.90 Å². The summed E-state index contributed by atoms with van der Waals surface area (Å²) in [6, 6.07) is 11.4. The summed E-state index contributed by atoms with van der Waals surface area (Å²) in [7, 11) is 0. The van der Waals surface area contributed by atoms with Crippen molar-refractivity contribution in [2.45, 2.75) is 0 Å². The summed E-state index contributed by atoms with van der Waals surface area (Å²) in [5.74, 6) is -0.617. The number of hydrogen-bond donors (Lipinski definition) is 0. The van der Waals surface area contributed by atoms with Gasteiger partial charge in [0.25, 0.3) is 5.69 Å². The molecular formula is C16H8BrClN2O4. The van der Waals surface area contributed by atoms with Crippen LogP contribution in [0.15, 0.2) is 57.6 Å². The lowest BCUT2D eigenvalue weighted by molar-refractivity contribution is -0.384. The molecule has 0 radical (unpaired) electrons. The van der Waals surface area contributed by atoms with Crippen LogP contribution in [0.25, 0.3) is 6.08 Å². The molecule has 1 aliphatic rings. The van der Waals surface area contributed by atoms with Crippen molar-refractivity contribution in [1.29, 1.82) is 0 Å². The minimum absolute atomic E-state index is 0.000647. The van der Waals surface area contributed by atoms with E-state index in [2.05, 4.69) is 20.9 Å². The highest BCUT2D eigenvalue weighted by atomic mass is 79.9. The van der Waals surface area contributed by atoms with Gasteiger partial charge in [0, 0.05) is 16.1 Å². The lowest BCUT2D eigenvalue weighted by atomic mass is 10.2. The maximum Gasteiger partial charge on any atom is 0.363 e. The lowest BCUT2D eigenvalue weighted by Gasteiger charge is -2.00. The van der Waals surface area contributed by atoms with Crippen molar-refractivity contribution in [3.63, 3.8) is 0 Å². The van der Waals surface area contributed by atoms with E-state index in [1.165, 1.54) is 18.2 Å². The Hall–Kier alpha value is -2.51. The molecule has 0 aliphatic carbocycles. The Kier molecular flexibility index (Phi) is 4.46. The summed E-state index contributed by atoms with van der Waals surface area (Å²) in [5.41, 5.74) is 0.916. The predicted octanol–water partition coefficient (Wildman–Crippen LogP) is 4.36. The lowest BCUT2D eigenvalue weighted by Crippen LogP contribution is -2.06. The molecule has 8 heteroatoms. The van der Waals surface area contributed by atoms with Crippen molar-refractivity contribution in [3.8, 4) is 0 Å². The Morgan fingerprint density at radius 1 is 1.21 bits per heavy atom. The molecule has 0 N–H and O–H groups in total. The Morgan fingerprint density at radius 2 is 1.92 bits per heavy atom. The highest BCUT2D eigenvalue weighted by Gasteiger charge is 2.26. The third-order valence-electron chi connectivity index (χ3n) is 3.18. The molecule has 2 aromatic carbocycles.